The third-order valence-electron chi connectivity index (χ3n) is 5.20. The molecular formula is C21H27N3O6. The number of amides is 2. The molecule has 0 spiro atoms. The van der Waals surface area contributed by atoms with Crippen molar-refractivity contribution in [3.63, 3.8) is 0 Å². The minimum atomic E-state index is -1.01. The Bertz CT molecular complexity index is 923. The standard InChI is InChI=1S/C21H27N3O6/c1-13(25)20-18(21(27)24-9-5-8-23(10-11-24)14(2)26)19(22-30-20)15-6-7-16(28-3)17(12-15)29-4/h6-7,12-13,25H,5,8-11H2,1-4H3/t13-/m0/s1. The van der Waals surface area contributed by atoms with Crippen LogP contribution in [0.4, 0.5) is 0 Å². The Morgan fingerprint density at radius 2 is 1.77 bits per heavy atom. The Labute approximate surface area is 175 Å². The fourth-order valence-electron chi connectivity index (χ4n) is 3.57. The van der Waals surface area contributed by atoms with E-state index in [1.165, 1.54) is 28.1 Å². The van der Waals surface area contributed by atoms with E-state index in [0.717, 1.165) is 0 Å². The number of aliphatic hydroxyl groups excluding tert-OH is 1. The van der Waals surface area contributed by atoms with Crippen molar-refractivity contribution in [1.82, 2.24) is 15.0 Å². The average Bonchev–Trinajstić information content (AvgIpc) is 3.03. The van der Waals surface area contributed by atoms with Crippen LogP contribution < -0.4 is 9.47 Å². The van der Waals surface area contributed by atoms with Crippen molar-refractivity contribution in [2.75, 3.05) is 40.4 Å². The maximum absolute atomic E-state index is 13.4. The summed E-state index contributed by atoms with van der Waals surface area (Å²) in [4.78, 5) is 28.5. The normalized spacial score (nSPS) is 15.5. The lowest BCUT2D eigenvalue weighted by molar-refractivity contribution is -0.128. The fourth-order valence-corrected chi connectivity index (χ4v) is 3.57. The number of carbonyl (C=O) groups excluding carboxylic acids is 2. The predicted octanol–water partition coefficient (Wildman–Crippen LogP) is 2.11. The van der Waals surface area contributed by atoms with Crippen LogP contribution in [0.2, 0.25) is 0 Å². The lowest BCUT2D eigenvalue weighted by Gasteiger charge is -2.22. The van der Waals surface area contributed by atoms with E-state index in [0.29, 0.717) is 55.4 Å². The average molecular weight is 417 g/mol. The molecule has 0 radical (unpaired) electrons. The van der Waals surface area contributed by atoms with Crippen molar-refractivity contribution in [2.45, 2.75) is 26.4 Å². The maximum Gasteiger partial charge on any atom is 0.259 e. The molecule has 0 aliphatic carbocycles. The van der Waals surface area contributed by atoms with Crippen LogP contribution in [0.25, 0.3) is 11.3 Å². The molecule has 162 valence electrons. The van der Waals surface area contributed by atoms with Crippen LogP contribution in [0.1, 0.15) is 42.5 Å². The van der Waals surface area contributed by atoms with Gasteiger partial charge in [-0.25, -0.2) is 0 Å². The van der Waals surface area contributed by atoms with Crippen molar-refractivity contribution < 1.29 is 28.7 Å². The molecule has 2 aromatic rings. The Hall–Kier alpha value is -3.07. The number of hydrogen-bond acceptors (Lipinski definition) is 7. The van der Waals surface area contributed by atoms with E-state index >= 15 is 0 Å². The summed E-state index contributed by atoms with van der Waals surface area (Å²) in [6.07, 6.45) is -0.335. The van der Waals surface area contributed by atoms with Gasteiger partial charge in [-0.3, -0.25) is 9.59 Å². The van der Waals surface area contributed by atoms with E-state index in [-0.39, 0.29) is 23.1 Å². The first-order valence-corrected chi connectivity index (χ1v) is 9.82. The Balaban J connectivity index is 1.99. The Morgan fingerprint density at radius 1 is 1.10 bits per heavy atom. The molecule has 1 fully saturated rings. The third-order valence-corrected chi connectivity index (χ3v) is 5.20. The number of nitrogens with zero attached hydrogens (tertiary/aromatic N) is 3. The van der Waals surface area contributed by atoms with Gasteiger partial charge in [0.05, 0.1) is 14.2 Å². The number of benzene rings is 1. The molecule has 9 nitrogen and oxygen atoms in total. The van der Waals surface area contributed by atoms with Gasteiger partial charge in [0.1, 0.15) is 17.4 Å². The first-order chi connectivity index (χ1) is 14.4. The van der Waals surface area contributed by atoms with Crippen molar-refractivity contribution in [3.8, 4) is 22.8 Å². The second kappa shape index (κ2) is 9.17. The second-order valence-corrected chi connectivity index (χ2v) is 7.17. The van der Waals surface area contributed by atoms with Gasteiger partial charge in [-0.15, -0.1) is 0 Å². The smallest absolute Gasteiger partial charge is 0.259 e. The van der Waals surface area contributed by atoms with Crippen LogP contribution in [0.15, 0.2) is 22.7 Å². The van der Waals surface area contributed by atoms with Crippen molar-refractivity contribution in [3.05, 3.63) is 29.5 Å². The Kier molecular flexibility index (Phi) is 6.61. The van der Waals surface area contributed by atoms with Crippen LogP contribution >= 0.6 is 0 Å². The number of carbonyl (C=O) groups is 2. The van der Waals surface area contributed by atoms with Crippen LogP contribution in [-0.2, 0) is 4.79 Å². The molecule has 1 N–H and O–H groups in total. The summed E-state index contributed by atoms with van der Waals surface area (Å²) >= 11 is 0. The summed E-state index contributed by atoms with van der Waals surface area (Å²) in [6.45, 7) is 5.01. The first-order valence-electron chi connectivity index (χ1n) is 9.82. The van der Waals surface area contributed by atoms with Gasteiger partial charge in [0.15, 0.2) is 17.3 Å². The first kappa shape index (κ1) is 21.6. The summed E-state index contributed by atoms with van der Waals surface area (Å²) in [5.41, 5.74) is 1.14. The van der Waals surface area contributed by atoms with Crippen molar-refractivity contribution >= 4 is 11.8 Å². The molecule has 1 atom stereocenters. The molecule has 30 heavy (non-hydrogen) atoms. The highest BCUT2D eigenvalue weighted by Crippen LogP contribution is 2.36. The van der Waals surface area contributed by atoms with Gasteiger partial charge in [0, 0.05) is 38.7 Å². The summed E-state index contributed by atoms with van der Waals surface area (Å²) < 4.78 is 16.0. The minimum absolute atomic E-state index is 0.00929. The molecule has 9 heteroatoms. The third kappa shape index (κ3) is 4.25. The molecule has 1 aliphatic heterocycles. The predicted molar refractivity (Wildman–Crippen MR) is 108 cm³/mol. The lowest BCUT2D eigenvalue weighted by Crippen LogP contribution is -2.37. The number of rotatable bonds is 5. The SMILES string of the molecule is COc1ccc(-c2noc([C@H](C)O)c2C(=O)N2CCCN(C(C)=O)CC2)cc1OC. The monoisotopic (exact) mass is 417 g/mol. The molecule has 2 heterocycles. The van der Waals surface area contributed by atoms with Crippen molar-refractivity contribution in [1.29, 1.82) is 0 Å². The highest BCUT2D eigenvalue weighted by molar-refractivity contribution is 6.01. The van der Waals surface area contributed by atoms with Crippen LogP contribution in [0.5, 0.6) is 11.5 Å². The molecule has 1 aromatic heterocycles. The van der Waals surface area contributed by atoms with E-state index in [1.807, 2.05) is 0 Å². The molecule has 2 amide bonds. The molecule has 0 saturated carbocycles. The molecule has 3 rings (SSSR count). The highest BCUT2D eigenvalue weighted by Gasteiger charge is 2.31. The molecule has 1 aromatic carbocycles. The lowest BCUT2D eigenvalue weighted by atomic mass is 10.0. The topological polar surface area (TPSA) is 105 Å². The van der Waals surface area contributed by atoms with Crippen molar-refractivity contribution in [2.24, 2.45) is 0 Å². The zero-order valence-corrected chi connectivity index (χ0v) is 17.7. The highest BCUT2D eigenvalue weighted by atomic mass is 16.5. The van der Waals surface area contributed by atoms with Gasteiger partial charge in [0.2, 0.25) is 5.91 Å². The zero-order valence-electron chi connectivity index (χ0n) is 17.7. The number of methoxy groups -OCH3 is 2. The van der Waals surface area contributed by atoms with E-state index in [9.17, 15) is 14.7 Å². The molecule has 0 unspecified atom stereocenters. The number of ether oxygens (including phenoxy) is 2. The summed E-state index contributed by atoms with van der Waals surface area (Å²) in [7, 11) is 3.06. The van der Waals surface area contributed by atoms with E-state index in [2.05, 4.69) is 5.16 Å². The van der Waals surface area contributed by atoms with Gasteiger partial charge in [-0.2, -0.15) is 0 Å². The fraction of sp³-hybridized carbons (Fsp3) is 0.476. The van der Waals surface area contributed by atoms with Gasteiger partial charge in [0.25, 0.3) is 5.91 Å². The van der Waals surface area contributed by atoms with Gasteiger partial charge >= 0.3 is 0 Å². The minimum Gasteiger partial charge on any atom is -0.493 e. The van der Waals surface area contributed by atoms with Gasteiger partial charge in [-0.1, -0.05) is 5.16 Å². The second-order valence-electron chi connectivity index (χ2n) is 7.17. The van der Waals surface area contributed by atoms with Crippen LogP contribution in [-0.4, -0.2) is 72.3 Å². The molecule has 1 aliphatic rings. The van der Waals surface area contributed by atoms with E-state index < -0.39 is 6.10 Å². The molecule has 1 saturated heterocycles. The van der Waals surface area contributed by atoms with Gasteiger partial charge in [-0.05, 0) is 31.5 Å². The van der Waals surface area contributed by atoms with E-state index in [4.69, 9.17) is 14.0 Å². The number of hydrogen-bond donors (Lipinski definition) is 1. The summed E-state index contributed by atoms with van der Waals surface area (Å²) in [5.74, 6) is 0.844. The maximum atomic E-state index is 13.4. The largest absolute Gasteiger partial charge is 0.493 e. The van der Waals surface area contributed by atoms with E-state index in [1.54, 1.807) is 28.0 Å². The van der Waals surface area contributed by atoms with Crippen LogP contribution in [0, 0.1) is 0 Å². The molecule has 0 bridgehead atoms. The van der Waals surface area contributed by atoms with Gasteiger partial charge < -0.3 is 28.9 Å². The Morgan fingerprint density at radius 3 is 2.40 bits per heavy atom. The quantitative estimate of drug-likeness (QED) is 0.794. The summed E-state index contributed by atoms with van der Waals surface area (Å²) in [6, 6.07) is 5.18. The molecular weight excluding hydrogens is 390 g/mol. The summed E-state index contributed by atoms with van der Waals surface area (Å²) in [5, 5.41) is 14.2. The zero-order chi connectivity index (χ0) is 21.8. The number of aliphatic hydroxyl groups is 1. The van der Waals surface area contributed by atoms with Crippen LogP contribution in [0.3, 0.4) is 0 Å². The number of aromatic nitrogens is 1.